The quantitative estimate of drug-likeness (QED) is 0.616. The number of likely N-dealkylation sites (tertiary alicyclic amines) is 1. The molecule has 1 saturated heterocycles. The van der Waals surface area contributed by atoms with E-state index in [-0.39, 0.29) is 11.5 Å². The van der Waals surface area contributed by atoms with Crippen molar-refractivity contribution in [3.8, 4) is 0 Å². The summed E-state index contributed by atoms with van der Waals surface area (Å²) in [7, 11) is 1.82. The SMILES string of the molecule is CCOC(=O)N1CCC(NC(=NC)NCC2(c3ccccc3C)CC2)CC1. The van der Waals surface area contributed by atoms with Gasteiger partial charge in [-0.3, -0.25) is 4.99 Å². The molecule has 2 aliphatic rings. The van der Waals surface area contributed by atoms with Crippen molar-refractivity contribution >= 4 is 12.1 Å². The van der Waals surface area contributed by atoms with E-state index >= 15 is 0 Å². The van der Waals surface area contributed by atoms with Crippen molar-refractivity contribution in [2.24, 2.45) is 4.99 Å². The Morgan fingerprint density at radius 3 is 2.59 bits per heavy atom. The van der Waals surface area contributed by atoms with Gasteiger partial charge in [-0.05, 0) is 50.7 Å². The molecule has 1 aliphatic heterocycles. The Balaban J connectivity index is 1.48. The minimum atomic E-state index is -0.202. The van der Waals surface area contributed by atoms with Gasteiger partial charge in [0.1, 0.15) is 0 Å². The molecule has 0 radical (unpaired) electrons. The third kappa shape index (κ3) is 4.73. The van der Waals surface area contributed by atoms with E-state index in [0.717, 1.165) is 38.4 Å². The van der Waals surface area contributed by atoms with Gasteiger partial charge in [0.15, 0.2) is 5.96 Å². The number of nitrogens with one attached hydrogen (secondary N) is 2. The van der Waals surface area contributed by atoms with Crippen LogP contribution in [0.3, 0.4) is 0 Å². The molecule has 2 N–H and O–H groups in total. The van der Waals surface area contributed by atoms with E-state index in [2.05, 4.69) is 46.8 Å². The summed E-state index contributed by atoms with van der Waals surface area (Å²) in [5.41, 5.74) is 3.07. The Bertz CT molecular complexity index is 677. The number of carbonyl (C=O) groups excluding carboxylic acids is 1. The lowest BCUT2D eigenvalue weighted by Gasteiger charge is -2.32. The van der Waals surface area contributed by atoms with Gasteiger partial charge in [-0.15, -0.1) is 0 Å². The molecular weight excluding hydrogens is 340 g/mol. The van der Waals surface area contributed by atoms with Crippen LogP contribution in [0.1, 0.15) is 43.7 Å². The molecule has 1 saturated carbocycles. The number of piperidine rings is 1. The highest BCUT2D eigenvalue weighted by atomic mass is 16.6. The third-order valence-corrected chi connectivity index (χ3v) is 5.75. The van der Waals surface area contributed by atoms with E-state index in [1.807, 2.05) is 14.0 Å². The van der Waals surface area contributed by atoms with Crippen molar-refractivity contribution in [1.29, 1.82) is 0 Å². The van der Waals surface area contributed by atoms with E-state index < -0.39 is 0 Å². The molecule has 0 atom stereocenters. The maximum Gasteiger partial charge on any atom is 0.409 e. The summed E-state index contributed by atoms with van der Waals surface area (Å²) in [5.74, 6) is 0.851. The molecular formula is C21H32N4O2. The number of aliphatic imine (C=N–C) groups is 1. The van der Waals surface area contributed by atoms with Crippen LogP contribution in [0.4, 0.5) is 4.79 Å². The zero-order valence-corrected chi connectivity index (χ0v) is 16.8. The average molecular weight is 373 g/mol. The number of amides is 1. The second-order valence-electron chi connectivity index (χ2n) is 7.63. The maximum atomic E-state index is 11.8. The lowest BCUT2D eigenvalue weighted by Crippen LogP contribution is -2.50. The van der Waals surface area contributed by atoms with Gasteiger partial charge < -0.3 is 20.3 Å². The third-order valence-electron chi connectivity index (χ3n) is 5.75. The number of hydrogen-bond donors (Lipinski definition) is 2. The fourth-order valence-corrected chi connectivity index (χ4v) is 3.92. The molecule has 1 heterocycles. The summed E-state index contributed by atoms with van der Waals surface area (Å²) >= 11 is 0. The molecule has 6 heteroatoms. The van der Waals surface area contributed by atoms with Crippen LogP contribution >= 0.6 is 0 Å². The Labute approximate surface area is 162 Å². The maximum absolute atomic E-state index is 11.8. The van der Waals surface area contributed by atoms with Gasteiger partial charge in [-0.1, -0.05) is 24.3 Å². The number of carbonyl (C=O) groups is 1. The van der Waals surface area contributed by atoms with Crippen molar-refractivity contribution in [2.75, 3.05) is 33.3 Å². The monoisotopic (exact) mass is 372 g/mol. The molecule has 3 rings (SSSR count). The summed E-state index contributed by atoms with van der Waals surface area (Å²) in [5, 5.41) is 7.06. The van der Waals surface area contributed by atoms with E-state index in [1.54, 1.807) is 4.90 Å². The highest BCUT2D eigenvalue weighted by Gasteiger charge is 2.45. The van der Waals surface area contributed by atoms with Gasteiger partial charge in [-0.2, -0.15) is 0 Å². The van der Waals surface area contributed by atoms with Crippen LogP contribution in [0.5, 0.6) is 0 Å². The van der Waals surface area contributed by atoms with Gasteiger partial charge in [-0.25, -0.2) is 4.79 Å². The smallest absolute Gasteiger partial charge is 0.409 e. The van der Waals surface area contributed by atoms with Gasteiger partial charge in [0.2, 0.25) is 0 Å². The fourth-order valence-electron chi connectivity index (χ4n) is 3.92. The van der Waals surface area contributed by atoms with E-state index in [1.165, 1.54) is 24.0 Å². The number of hydrogen-bond acceptors (Lipinski definition) is 3. The largest absolute Gasteiger partial charge is 0.450 e. The van der Waals surface area contributed by atoms with Crippen molar-refractivity contribution in [3.63, 3.8) is 0 Å². The van der Waals surface area contributed by atoms with E-state index in [4.69, 9.17) is 4.74 Å². The molecule has 1 aromatic carbocycles. The zero-order valence-electron chi connectivity index (χ0n) is 16.8. The van der Waals surface area contributed by atoms with Crippen LogP contribution in [-0.2, 0) is 10.2 Å². The Morgan fingerprint density at radius 2 is 2.00 bits per heavy atom. The zero-order chi connectivity index (χ0) is 19.3. The first-order valence-corrected chi connectivity index (χ1v) is 10.0. The molecule has 2 fully saturated rings. The predicted octanol–water partition coefficient (Wildman–Crippen LogP) is 2.81. The van der Waals surface area contributed by atoms with Gasteiger partial charge in [0.05, 0.1) is 6.61 Å². The predicted molar refractivity (Wildman–Crippen MR) is 108 cm³/mol. The van der Waals surface area contributed by atoms with Crippen LogP contribution in [0.25, 0.3) is 0 Å². The summed E-state index contributed by atoms with van der Waals surface area (Å²) < 4.78 is 5.08. The number of nitrogens with zero attached hydrogens (tertiary/aromatic N) is 2. The van der Waals surface area contributed by atoms with Crippen molar-refractivity contribution in [1.82, 2.24) is 15.5 Å². The molecule has 1 aliphatic carbocycles. The van der Waals surface area contributed by atoms with E-state index in [0.29, 0.717) is 12.6 Å². The van der Waals surface area contributed by atoms with Crippen LogP contribution in [0.2, 0.25) is 0 Å². The van der Waals surface area contributed by atoms with Crippen molar-refractivity contribution < 1.29 is 9.53 Å². The fraction of sp³-hybridized carbons (Fsp3) is 0.619. The Hall–Kier alpha value is -2.24. The number of ether oxygens (including phenoxy) is 1. The van der Waals surface area contributed by atoms with Crippen LogP contribution in [-0.4, -0.2) is 56.3 Å². The highest BCUT2D eigenvalue weighted by molar-refractivity contribution is 5.80. The number of aryl methyl sites for hydroxylation is 1. The van der Waals surface area contributed by atoms with Crippen molar-refractivity contribution in [3.05, 3.63) is 35.4 Å². The summed E-state index contributed by atoms with van der Waals surface area (Å²) in [6, 6.07) is 9.01. The van der Waals surface area contributed by atoms with E-state index in [9.17, 15) is 4.79 Å². The summed E-state index contributed by atoms with van der Waals surface area (Å²) in [4.78, 5) is 18.0. The Kier molecular flexibility index (Phi) is 6.24. The second kappa shape index (κ2) is 8.63. The molecule has 0 aromatic heterocycles. The number of rotatable bonds is 5. The highest BCUT2D eigenvalue weighted by Crippen LogP contribution is 2.48. The second-order valence-corrected chi connectivity index (χ2v) is 7.63. The molecule has 1 aromatic rings. The molecule has 6 nitrogen and oxygen atoms in total. The van der Waals surface area contributed by atoms with Crippen molar-refractivity contribution in [2.45, 2.75) is 51.0 Å². The number of benzene rings is 1. The molecule has 0 bridgehead atoms. The van der Waals surface area contributed by atoms with Crippen LogP contribution in [0, 0.1) is 6.92 Å². The lowest BCUT2D eigenvalue weighted by molar-refractivity contribution is 0.0963. The molecule has 27 heavy (non-hydrogen) atoms. The molecule has 1 amide bonds. The van der Waals surface area contributed by atoms with Gasteiger partial charge in [0, 0.05) is 38.1 Å². The molecule has 0 spiro atoms. The van der Waals surface area contributed by atoms with Gasteiger partial charge >= 0.3 is 6.09 Å². The normalized spacial score (nSPS) is 19.5. The van der Waals surface area contributed by atoms with Crippen LogP contribution in [0.15, 0.2) is 29.3 Å². The topological polar surface area (TPSA) is 66.0 Å². The lowest BCUT2D eigenvalue weighted by atomic mass is 9.92. The molecule has 0 unspecified atom stereocenters. The first-order chi connectivity index (χ1) is 13.1. The summed E-state index contributed by atoms with van der Waals surface area (Å²) in [6.45, 7) is 6.81. The Morgan fingerprint density at radius 1 is 1.30 bits per heavy atom. The minimum absolute atomic E-state index is 0.202. The van der Waals surface area contributed by atoms with Gasteiger partial charge in [0.25, 0.3) is 0 Å². The standard InChI is InChI=1S/C21H32N4O2/c1-4-27-20(26)25-13-9-17(10-14-25)24-19(22-3)23-15-21(11-12-21)18-8-6-5-7-16(18)2/h5-8,17H,4,9-15H2,1-3H3,(H2,22,23,24). The molecule has 148 valence electrons. The first kappa shape index (κ1) is 19.5. The number of guanidine groups is 1. The average Bonchev–Trinajstić information content (AvgIpc) is 3.47. The summed E-state index contributed by atoms with van der Waals surface area (Å²) in [6.07, 6.45) is 4.05. The van der Waals surface area contributed by atoms with Crippen LogP contribution < -0.4 is 10.6 Å². The first-order valence-electron chi connectivity index (χ1n) is 10.0. The minimum Gasteiger partial charge on any atom is -0.450 e.